The Morgan fingerprint density at radius 1 is 1.00 bits per heavy atom. The van der Waals surface area contributed by atoms with E-state index in [2.05, 4.69) is 24.3 Å². The van der Waals surface area contributed by atoms with Crippen molar-refractivity contribution in [1.29, 1.82) is 0 Å². The van der Waals surface area contributed by atoms with E-state index in [4.69, 9.17) is 0 Å². The van der Waals surface area contributed by atoms with Crippen molar-refractivity contribution in [3.05, 3.63) is 35.5 Å². The van der Waals surface area contributed by atoms with E-state index in [-0.39, 0.29) is 0 Å². The average molecular weight is 118 g/mol. The lowest BCUT2D eigenvalue weighted by atomic mass is 9.88. The van der Waals surface area contributed by atoms with Gasteiger partial charge in [0, 0.05) is 0 Å². The first-order valence-electron chi connectivity index (χ1n) is 3.53. The van der Waals surface area contributed by atoms with Crippen LogP contribution in [0.3, 0.4) is 0 Å². The monoisotopic (exact) mass is 118 g/mol. The summed E-state index contributed by atoms with van der Waals surface area (Å²) in [6.45, 7) is 0. The van der Waals surface area contributed by atoms with Crippen LogP contribution in [0.15, 0.2) is 35.5 Å². The molecule has 0 aliphatic heterocycles. The third-order valence-electron chi connectivity index (χ3n) is 2.03. The minimum Gasteiger partial charge on any atom is -0.0629 e. The van der Waals surface area contributed by atoms with E-state index < -0.39 is 0 Å². The molecule has 2 aliphatic rings. The molecular weight excluding hydrogens is 108 g/mol. The predicted octanol–water partition coefficient (Wildman–Crippen LogP) is 2.59. The first-order valence-corrected chi connectivity index (χ1v) is 3.53. The minimum absolute atomic E-state index is 1.34. The Balaban J connectivity index is 2.28. The van der Waals surface area contributed by atoms with Crippen LogP contribution in [-0.4, -0.2) is 0 Å². The van der Waals surface area contributed by atoms with Gasteiger partial charge in [-0.05, 0) is 24.8 Å². The lowest BCUT2D eigenvalue weighted by Crippen LogP contribution is -1.98. The van der Waals surface area contributed by atoms with Crippen molar-refractivity contribution in [3.8, 4) is 0 Å². The summed E-state index contributed by atoms with van der Waals surface area (Å²) in [5, 5.41) is 0. The summed E-state index contributed by atoms with van der Waals surface area (Å²) in [4.78, 5) is 0. The number of allylic oxidation sites excluding steroid dienone is 6. The van der Waals surface area contributed by atoms with Crippen LogP contribution in [0.1, 0.15) is 19.3 Å². The summed E-state index contributed by atoms with van der Waals surface area (Å²) in [5.74, 6) is 0. The molecule has 2 rings (SSSR count). The fourth-order valence-corrected chi connectivity index (χ4v) is 1.25. The summed E-state index contributed by atoms with van der Waals surface area (Å²) < 4.78 is 0. The molecule has 0 saturated heterocycles. The fourth-order valence-electron chi connectivity index (χ4n) is 1.25. The summed E-state index contributed by atoms with van der Waals surface area (Å²) in [5.41, 5.74) is 3.13. The molecule has 0 radical (unpaired) electrons. The van der Waals surface area contributed by atoms with E-state index in [1.54, 1.807) is 5.57 Å². The van der Waals surface area contributed by atoms with Gasteiger partial charge in [0.25, 0.3) is 0 Å². The van der Waals surface area contributed by atoms with E-state index in [9.17, 15) is 0 Å². The van der Waals surface area contributed by atoms with Gasteiger partial charge in [0.05, 0.1) is 0 Å². The second-order valence-electron chi connectivity index (χ2n) is 2.63. The van der Waals surface area contributed by atoms with Crippen LogP contribution in [0.25, 0.3) is 0 Å². The van der Waals surface area contributed by atoms with Crippen molar-refractivity contribution in [2.75, 3.05) is 0 Å². The summed E-state index contributed by atoms with van der Waals surface area (Å²) in [7, 11) is 0. The number of hydrogen-bond donors (Lipinski definition) is 0. The average Bonchev–Trinajstić information content (AvgIpc) is 2.11. The lowest BCUT2D eigenvalue weighted by Gasteiger charge is -2.17. The second-order valence-corrected chi connectivity index (χ2v) is 2.63. The summed E-state index contributed by atoms with van der Waals surface area (Å²) in [6, 6.07) is 0. The van der Waals surface area contributed by atoms with Gasteiger partial charge < -0.3 is 0 Å². The van der Waals surface area contributed by atoms with Gasteiger partial charge in [0.15, 0.2) is 0 Å². The fraction of sp³-hybridized carbons (Fsp3) is 0.333. The molecule has 1 fully saturated rings. The van der Waals surface area contributed by atoms with E-state index in [1.807, 2.05) is 0 Å². The quantitative estimate of drug-likeness (QED) is 0.458. The van der Waals surface area contributed by atoms with E-state index >= 15 is 0 Å². The van der Waals surface area contributed by atoms with Gasteiger partial charge in [-0.15, -0.1) is 0 Å². The molecular formula is C9H10. The normalized spacial score (nSPS) is 23.1. The molecule has 2 aliphatic carbocycles. The molecule has 0 amide bonds. The third kappa shape index (κ3) is 0.748. The zero-order chi connectivity index (χ0) is 6.10. The molecule has 1 saturated carbocycles. The molecule has 0 unspecified atom stereocenters. The molecule has 9 heavy (non-hydrogen) atoms. The highest BCUT2D eigenvalue weighted by Gasteiger charge is 2.11. The molecule has 0 heterocycles. The first-order chi connectivity index (χ1) is 4.47. The van der Waals surface area contributed by atoms with Crippen molar-refractivity contribution in [2.45, 2.75) is 19.3 Å². The largest absolute Gasteiger partial charge is 0.0629 e. The predicted molar refractivity (Wildman–Crippen MR) is 39.2 cm³/mol. The zero-order valence-electron chi connectivity index (χ0n) is 5.43. The molecule has 46 valence electrons. The van der Waals surface area contributed by atoms with Crippen LogP contribution < -0.4 is 0 Å². The van der Waals surface area contributed by atoms with Gasteiger partial charge in [-0.1, -0.05) is 29.9 Å². The topological polar surface area (TPSA) is 0 Å². The second kappa shape index (κ2) is 1.87. The van der Waals surface area contributed by atoms with Crippen LogP contribution in [0.5, 0.6) is 0 Å². The molecule has 0 aromatic carbocycles. The van der Waals surface area contributed by atoms with Crippen molar-refractivity contribution in [2.24, 2.45) is 0 Å². The van der Waals surface area contributed by atoms with Crippen LogP contribution in [0.4, 0.5) is 0 Å². The maximum Gasteiger partial charge on any atom is -0.0265 e. The maximum atomic E-state index is 2.20. The smallest absolute Gasteiger partial charge is 0.0265 e. The Labute approximate surface area is 55.6 Å². The van der Waals surface area contributed by atoms with Gasteiger partial charge >= 0.3 is 0 Å². The van der Waals surface area contributed by atoms with Crippen molar-refractivity contribution in [3.63, 3.8) is 0 Å². The molecule has 0 aromatic heterocycles. The molecule has 0 N–H and O–H groups in total. The van der Waals surface area contributed by atoms with E-state index in [1.165, 1.54) is 24.8 Å². The molecule has 0 aromatic rings. The standard InChI is InChI=1S/C9H10/c1-2-5-8(4-1)9-6-3-7-9/h1-2,4-5H,3,6-7H2. The van der Waals surface area contributed by atoms with Crippen molar-refractivity contribution >= 4 is 0 Å². The minimum atomic E-state index is 1.34. The van der Waals surface area contributed by atoms with E-state index in [0.29, 0.717) is 0 Å². The SMILES string of the molecule is C1=CC(=C2CCC2)C=C1. The van der Waals surface area contributed by atoms with Crippen LogP contribution in [0.2, 0.25) is 0 Å². The zero-order valence-corrected chi connectivity index (χ0v) is 5.43. The Bertz CT molecular complexity index is 184. The van der Waals surface area contributed by atoms with Gasteiger partial charge in [-0.2, -0.15) is 0 Å². The Morgan fingerprint density at radius 2 is 1.67 bits per heavy atom. The molecule has 0 atom stereocenters. The van der Waals surface area contributed by atoms with Crippen LogP contribution in [-0.2, 0) is 0 Å². The molecule has 0 bridgehead atoms. The Kier molecular flexibility index (Phi) is 1.05. The highest BCUT2D eigenvalue weighted by Crippen LogP contribution is 2.30. The van der Waals surface area contributed by atoms with Gasteiger partial charge in [0.1, 0.15) is 0 Å². The lowest BCUT2D eigenvalue weighted by molar-refractivity contribution is 0.658. The highest BCUT2D eigenvalue weighted by atomic mass is 14.2. The van der Waals surface area contributed by atoms with Gasteiger partial charge in [0.2, 0.25) is 0 Å². The maximum absolute atomic E-state index is 2.20. The number of hydrogen-bond acceptors (Lipinski definition) is 0. The third-order valence-corrected chi connectivity index (χ3v) is 2.03. The summed E-state index contributed by atoms with van der Waals surface area (Å²) >= 11 is 0. The van der Waals surface area contributed by atoms with Crippen LogP contribution >= 0.6 is 0 Å². The molecule has 0 spiro atoms. The highest BCUT2D eigenvalue weighted by molar-refractivity contribution is 5.44. The van der Waals surface area contributed by atoms with Gasteiger partial charge in [-0.3, -0.25) is 0 Å². The van der Waals surface area contributed by atoms with Gasteiger partial charge in [-0.25, -0.2) is 0 Å². The van der Waals surface area contributed by atoms with E-state index in [0.717, 1.165) is 0 Å². The van der Waals surface area contributed by atoms with Crippen molar-refractivity contribution in [1.82, 2.24) is 0 Å². The van der Waals surface area contributed by atoms with Crippen LogP contribution in [0, 0.1) is 0 Å². The van der Waals surface area contributed by atoms with Crippen molar-refractivity contribution < 1.29 is 0 Å². The molecule has 0 heteroatoms. The Morgan fingerprint density at radius 3 is 2.11 bits per heavy atom. The summed E-state index contributed by atoms with van der Waals surface area (Å²) in [6.07, 6.45) is 12.7. The molecule has 0 nitrogen and oxygen atoms in total. The number of rotatable bonds is 0. The Hall–Kier alpha value is -0.780. The first kappa shape index (κ1) is 5.04.